The summed E-state index contributed by atoms with van der Waals surface area (Å²) in [6, 6.07) is 3.89. The third-order valence-corrected chi connectivity index (χ3v) is 6.69. The van der Waals surface area contributed by atoms with Crippen LogP contribution in [0.3, 0.4) is 0 Å². The van der Waals surface area contributed by atoms with Crippen molar-refractivity contribution in [2.24, 2.45) is 11.8 Å². The number of nitrogens with zero attached hydrogens (tertiary/aromatic N) is 3. The zero-order chi connectivity index (χ0) is 21.8. The van der Waals surface area contributed by atoms with Crippen molar-refractivity contribution in [3.8, 4) is 5.88 Å². The third-order valence-electron chi connectivity index (χ3n) is 6.69. The smallest absolute Gasteiger partial charge is 0.407 e. The number of amides is 2. The molecule has 1 aliphatic carbocycles. The maximum absolute atomic E-state index is 12.6. The Labute approximate surface area is 182 Å². The molecule has 2 atom stereocenters. The first kappa shape index (κ1) is 21.6. The van der Waals surface area contributed by atoms with Gasteiger partial charge in [-0.1, -0.05) is 6.08 Å². The third kappa shape index (κ3) is 5.36. The van der Waals surface area contributed by atoms with E-state index in [1.807, 2.05) is 18.3 Å². The lowest BCUT2D eigenvalue weighted by atomic mass is 9.86. The monoisotopic (exact) mass is 429 g/mol. The molecule has 3 heterocycles. The van der Waals surface area contributed by atoms with Crippen LogP contribution in [0.1, 0.15) is 44.1 Å². The lowest BCUT2D eigenvalue weighted by molar-refractivity contribution is -0.135. The summed E-state index contributed by atoms with van der Waals surface area (Å²) in [7, 11) is 0. The van der Waals surface area contributed by atoms with Gasteiger partial charge < -0.3 is 24.7 Å². The van der Waals surface area contributed by atoms with Gasteiger partial charge in [-0.25, -0.2) is 9.78 Å². The summed E-state index contributed by atoms with van der Waals surface area (Å²) in [5.74, 6) is 1.12. The predicted octanol–water partition coefficient (Wildman–Crippen LogP) is 2.63. The Morgan fingerprint density at radius 3 is 2.45 bits per heavy atom. The summed E-state index contributed by atoms with van der Waals surface area (Å²) in [4.78, 5) is 31.3. The average molecular weight is 430 g/mol. The Morgan fingerprint density at radius 2 is 1.87 bits per heavy atom. The van der Waals surface area contributed by atoms with Crippen molar-refractivity contribution >= 4 is 17.6 Å². The number of allylic oxidation sites excluding steroid dienone is 2. The quantitative estimate of drug-likeness (QED) is 0.746. The van der Waals surface area contributed by atoms with Crippen molar-refractivity contribution in [3.63, 3.8) is 0 Å². The number of aliphatic hydroxyl groups is 1. The van der Waals surface area contributed by atoms with Crippen LogP contribution in [0.2, 0.25) is 0 Å². The fraction of sp³-hybridized carbons (Fsp3) is 0.609. The number of hydrogen-bond acceptors (Lipinski definition) is 5. The Morgan fingerprint density at radius 1 is 1.10 bits per heavy atom. The van der Waals surface area contributed by atoms with E-state index >= 15 is 0 Å². The number of rotatable bonds is 5. The molecule has 1 aromatic heterocycles. The second-order valence-electron chi connectivity index (χ2n) is 8.84. The minimum Gasteiger partial charge on any atom is -0.477 e. The van der Waals surface area contributed by atoms with Crippen molar-refractivity contribution in [2.75, 3.05) is 32.8 Å². The lowest BCUT2D eigenvalue weighted by Crippen LogP contribution is -2.38. The molecule has 3 aliphatic rings. The average Bonchev–Trinajstić information content (AvgIpc) is 3.24. The van der Waals surface area contributed by atoms with Crippen molar-refractivity contribution in [1.82, 2.24) is 14.8 Å². The van der Waals surface area contributed by atoms with Crippen molar-refractivity contribution in [1.29, 1.82) is 0 Å². The van der Waals surface area contributed by atoms with E-state index in [0.717, 1.165) is 37.7 Å². The number of carbonyl (C=O) groups excluding carboxylic acids is 1. The van der Waals surface area contributed by atoms with Gasteiger partial charge in [-0.05, 0) is 61.6 Å². The summed E-state index contributed by atoms with van der Waals surface area (Å²) in [6.07, 6.45) is 7.46. The Hall–Kier alpha value is -2.61. The van der Waals surface area contributed by atoms with Crippen LogP contribution in [0.15, 0.2) is 24.4 Å². The molecule has 0 radical (unpaired) electrons. The number of piperidine rings is 1. The van der Waals surface area contributed by atoms with Crippen LogP contribution >= 0.6 is 0 Å². The molecule has 31 heavy (non-hydrogen) atoms. The standard InChI is InChI=1S/C23H31N3O5/c27-20-9-12-26(14-20)22(28)18-3-1-17(2-4-18)19-5-6-21(24-13-19)31-15-16-7-10-25(11-8-16)23(29)30/h1,5-6,13,16,18,20,27H,2-4,7-12,14-15H2,(H,29,30)/t18?,20-/m0/s1. The Kier molecular flexibility index (Phi) is 6.75. The molecule has 168 valence electrons. The number of carbonyl (C=O) groups is 2. The van der Waals surface area contributed by atoms with E-state index in [2.05, 4.69) is 11.1 Å². The molecular weight excluding hydrogens is 398 g/mol. The number of β-amino-alcohol motifs (C(OH)–C–C–N with tert-alkyl or cyclic N) is 1. The molecule has 8 heteroatoms. The summed E-state index contributed by atoms with van der Waals surface area (Å²) in [5, 5.41) is 18.7. The number of pyridine rings is 1. The zero-order valence-corrected chi connectivity index (χ0v) is 17.8. The van der Waals surface area contributed by atoms with Gasteiger partial charge in [-0.15, -0.1) is 0 Å². The summed E-state index contributed by atoms with van der Waals surface area (Å²) >= 11 is 0. The van der Waals surface area contributed by atoms with Crippen LogP contribution in [0.25, 0.3) is 5.57 Å². The van der Waals surface area contributed by atoms with Gasteiger partial charge in [0.05, 0.1) is 12.7 Å². The molecule has 0 bridgehead atoms. The van der Waals surface area contributed by atoms with Gasteiger partial charge >= 0.3 is 6.09 Å². The number of aliphatic hydroxyl groups excluding tert-OH is 1. The first-order chi connectivity index (χ1) is 15.0. The van der Waals surface area contributed by atoms with Gasteiger partial charge in [0, 0.05) is 44.4 Å². The molecule has 2 aliphatic heterocycles. The van der Waals surface area contributed by atoms with Crippen molar-refractivity contribution < 1.29 is 24.5 Å². The lowest BCUT2D eigenvalue weighted by Gasteiger charge is -2.29. The van der Waals surface area contributed by atoms with Crippen LogP contribution in [0.4, 0.5) is 4.79 Å². The minimum atomic E-state index is -0.848. The highest BCUT2D eigenvalue weighted by molar-refractivity contribution is 5.81. The van der Waals surface area contributed by atoms with E-state index < -0.39 is 6.09 Å². The Bertz CT molecular complexity index is 817. The highest BCUT2D eigenvalue weighted by Gasteiger charge is 2.31. The first-order valence-electron chi connectivity index (χ1n) is 11.2. The highest BCUT2D eigenvalue weighted by Crippen LogP contribution is 2.32. The number of aromatic nitrogens is 1. The van der Waals surface area contributed by atoms with Crippen LogP contribution in [-0.2, 0) is 4.79 Å². The van der Waals surface area contributed by atoms with E-state index in [1.165, 1.54) is 10.5 Å². The first-order valence-corrected chi connectivity index (χ1v) is 11.2. The van der Waals surface area contributed by atoms with E-state index in [9.17, 15) is 14.7 Å². The summed E-state index contributed by atoms with van der Waals surface area (Å²) in [6.45, 7) is 2.81. The maximum atomic E-state index is 12.6. The van der Waals surface area contributed by atoms with Gasteiger partial charge in [0.1, 0.15) is 0 Å². The zero-order valence-electron chi connectivity index (χ0n) is 17.8. The van der Waals surface area contributed by atoms with Gasteiger partial charge in [-0.3, -0.25) is 4.79 Å². The normalized spacial score (nSPS) is 24.7. The number of ether oxygens (including phenoxy) is 1. The van der Waals surface area contributed by atoms with Gasteiger partial charge in [-0.2, -0.15) is 0 Å². The predicted molar refractivity (Wildman–Crippen MR) is 115 cm³/mol. The molecule has 0 spiro atoms. The van der Waals surface area contributed by atoms with Crippen molar-refractivity contribution in [2.45, 2.75) is 44.6 Å². The van der Waals surface area contributed by atoms with E-state index in [0.29, 0.717) is 51.0 Å². The molecule has 0 aromatic carbocycles. The molecule has 8 nitrogen and oxygen atoms in total. The molecule has 1 aromatic rings. The second-order valence-corrected chi connectivity index (χ2v) is 8.84. The topological polar surface area (TPSA) is 103 Å². The molecule has 2 amide bonds. The Balaban J connectivity index is 1.24. The fourth-order valence-electron chi connectivity index (χ4n) is 4.67. The van der Waals surface area contributed by atoms with E-state index in [4.69, 9.17) is 9.84 Å². The molecule has 2 N–H and O–H groups in total. The highest BCUT2D eigenvalue weighted by atomic mass is 16.5. The SMILES string of the molecule is O=C(O)N1CCC(COc2ccc(C3=CCC(C(=O)N4CC[C@H](O)C4)CC3)cn2)CC1. The molecule has 4 rings (SSSR count). The molecule has 2 saturated heterocycles. The van der Waals surface area contributed by atoms with E-state index in [1.54, 1.807) is 4.90 Å². The molecule has 1 unspecified atom stereocenters. The van der Waals surface area contributed by atoms with Gasteiger partial charge in [0.2, 0.25) is 11.8 Å². The maximum Gasteiger partial charge on any atom is 0.407 e. The molecule has 2 fully saturated rings. The summed E-state index contributed by atoms with van der Waals surface area (Å²) < 4.78 is 5.83. The van der Waals surface area contributed by atoms with Crippen LogP contribution < -0.4 is 4.74 Å². The number of likely N-dealkylation sites (tertiary alicyclic amines) is 2. The van der Waals surface area contributed by atoms with Gasteiger partial charge in [0.25, 0.3) is 0 Å². The van der Waals surface area contributed by atoms with Crippen LogP contribution in [-0.4, -0.2) is 75.9 Å². The van der Waals surface area contributed by atoms with Crippen LogP contribution in [0, 0.1) is 11.8 Å². The molecule has 0 saturated carbocycles. The molecular formula is C23H31N3O5. The minimum absolute atomic E-state index is 0.0113. The summed E-state index contributed by atoms with van der Waals surface area (Å²) in [5.41, 5.74) is 2.27. The number of hydrogen-bond donors (Lipinski definition) is 2. The van der Waals surface area contributed by atoms with Gasteiger partial charge in [0.15, 0.2) is 0 Å². The largest absolute Gasteiger partial charge is 0.477 e. The number of carboxylic acid groups (broad SMARTS) is 1. The van der Waals surface area contributed by atoms with E-state index in [-0.39, 0.29) is 17.9 Å². The van der Waals surface area contributed by atoms with Crippen molar-refractivity contribution in [3.05, 3.63) is 30.0 Å². The fourth-order valence-corrected chi connectivity index (χ4v) is 4.67. The second kappa shape index (κ2) is 9.68. The van der Waals surface area contributed by atoms with Crippen LogP contribution in [0.5, 0.6) is 5.88 Å².